The van der Waals surface area contributed by atoms with Gasteiger partial charge in [0.15, 0.2) is 0 Å². The largest absolute Gasteiger partial charge is 0.396 e. The van der Waals surface area contributed by atoms with Crippen LogP contribution in [0.3, 0.4) is 0 Å². The lowest BCUT2D eigenvalue weighted by Gasteiger charge is -2.28. The predicted molar refractivity (Wildman–Crippen MR) is 94.0 cm³/mol. The standard InChI is InChI=1S/C20H23FN2O2/c21-14-5-8-18-16(9-14)17(10-19(23-18)13-3-4-13)20(25)22-15-6-1-12(11-24)2-7-15/h5,8-10,12-13,15,24H,1-4,6-7,11H2,(H,22,25). The van der Waals surface area contributed by atoms with Gasteiger partial charge in [-0.1, -0.05) is 0 Å². The molecule has 4 nitrogen and oxygen atoms in total. The summed E-state index contributed by atoms with van der Waals surface area (Å²) in [4.78, 5) is 17.5. The number of pyridine rings is 1. The second-order valence-electron chi connectivity index (χ2n) is 7.40. The van der Waals surface area contributed by atoms with Crippen LogP contribution in [0.25, 0.3) is 10.9 Å². The summed E-state index contributed by atoms with van der Waals surface area (Å²) in [6.45, 7) is 0.222. The number of fused-ring (bicyclic) bond motifs is 1. The summed E-state index contributed by atoms with van der Waals surface area (Å²) in [5, 5.41) is 12.9. The van der Waals surface area contributed by atoms with Crippen LogP contribution in [-0.2, 0) is 0 Å². The summed E-state index contributed by atoms with van der Waals surface area (Å²) in [5.74, 6) is 0.282. The first-order valence-electron chi connectivity index (χ1n) is 9.16. The summed E-state index contributed by atoms with van der Waals surface area (Å²) in [6, 6.07) is 6.41. The SMILES string of the molecule is O=C(NC1CCC(CO)CC1)c1cc(C2CC2)nc2ccc(F)cc12. The zero-order valence-corrected chi connectivity index (χ0v) is 14.2. The van der Waals surface area contributed by atoms with E-state index in [4.69, 9.17) is 0 Å². The van der Waals surface area contributed by atoms with Gasteiger partial charge in [-0.05, 0) is 68.7 Å². The highest BCUT2D eigenvalue weighted by molar-refractivity contribution is 6.06. The molecule has 0 radical (unpaired) electrons. The molecule has 1 aromatic heterocycles. The monoisotopic (exact) mass is 342 g/mol. The Morgan fingerprint density at radius 1 is 1.16 bits per heavy atom. The van der Waals surface area contributed by atoms with Crippen molar-refractivity contribution in [3.05, 3.63) is 41.3 Å². The fourth-order valence-corrected chi connectivity index (χ4v) is 3.75. The van der Waals surface area contributed by atoms with Crippen molar-refractivity contribution in [2.45, 2.75) is 50.5 Å². The lowest BCUT2D eigenvalue weighted by atomic mass is 9.86. The molecule has 2 fully saturated rings. The molecule has 2 aliphatic carbocycles. The van der Waals surface area contributed by atoms with Crippen molar-refractivity contribution in [3.8, 4) is 0 Å². The Kier molecular flexibility index (Phi) is 4.42. The van der Waals surface area contributed by atoms with Crippen LogP contribution in [0.4, 0.5) is 4.39 Å². The molecule has 25 heavy (non-hydrogen) atoms. The molecule has 0 spiro atoms. The number of hydrogen-bond acceptors (Lipinski definition) is 3. The van der Waals surface area contributed by atoms with Crippen LogP contribution >= 0.6 is 0 Å². The van der Waals surface area contributed by atoms with Crippen molar-refractivity contribution in [3.63, 3.8) is 0 Å². The van der Waals surface area contributed by atoms with Gasteiger partial charge in [-0.2, -0.15) is 0 Å². The average Bonchev–Trinajstić information content (AvgIpc) is 3.46. The van der Waals surface area contributed by atoms with Crippen LogP contribution in [0, 0.1) is 11.7 Å². The van der Waals surface area contributed by atoms with Crippen LogP contribution in [0.1, 0.15) is 60.5 Å². The van der Waals surface area contributed by atoms with Gasteiger partial charge in [-0.15, -0.1) is 0 Å². The zero-order chi connectivity index (χ0) is 17.4. The number of hydrogen-bond donors (Lipinski definition) is 2. The third kappa shape index (κ3) is 3.52. The van der Waals surface area contributed by atoms with E-state index in [-0.39, 0.29) is 24.4 Å². The number of carbonyl (C=O) groups is 1. The van der Waals surface area contributed by atoms with Gasteiger partial charge in [0.05, 0.1) is 11.1 Å². The van der Waals surface area contributed by atoms with Crippen LogP contribution in [0.15, 0.2) is 24.3 Å². The van der Waals surface area contributed by atoms with E-state index in [2.05, 4.69) is 10.3 Å². The highest BCUT2D eigenvalue weighted by atomic mass is 19.1. The van der Waals surface area contributed by atoms with Gasteiger partial charge in [0.1, 0.15) is 5.82 Å². The molecule has 1 amide bonds. The summed E-state index contributed by atoms with van der Waals surface area (Å²) >= 11 is 0. The van der Waals surface area contributed by atoms with Gasteiger partial charge < -0.3 is 10.4 Å². The first-order chi connectivity index (χ1) is 12.1. The highest BCUT2D eigenvalue weighted by Gasteiger charge is 2.28. The Labute approximate surface area is 146 Å². The van der Waals surface area contributed by atoms with E-state index in [1.165, 1.54) is 12.1 Å². The molecule has 1 heterocycles. The molecule has 0 saturated heterocycles. The van der Waals surface area contributed by atoms with Crippen LogP contribution in [0.2, 0.25) is 0 Å². The van der Waals surface area contributed by atoms with E-state index in [0.717, 1.165) is 44.2 Å². The molecule has 0 aliphatic heterocycles. The molecule has 2 aliphatic rings. The molecular formula is C20H23FN2O2. The number of nitrogens with zero attached hydrogens (tertiary/aromatic N) is 1. The maximum Gasteiger partial charge on any atom is 0.252 e. The number of aromatic nitrogens is 1. The summed E-state index contributed by atoms with van der Waals surface area (Å²) in [5.41, 5.74) is 2.14. The minimum absolute atomic E-state index is 0.122. The van der Waals surface area contributed by atoms with E-state index >= 15 is 0 Å². The highest BCUT2D eigenvalue weighted by Crippen LogP contribution is 2.40. The van der Waals surface area contributed by atoms with Gasteiger partial charge in [0.2, 0.25) is 0 Å². The number of rotatable bonds is 4. The minimum Gasteiger partial charge on any atom is -0.396 e. The Morgan fingerprint density at radius 3 is 2.60 bits per heavy atom. The van der Waals surface area contributed by atoms with E-state index in [1.54, 1.807) is 6.07 Å². The molecule has 1 aromatic carbocycles. The van der Waals surface area contributed by atoms with Crippen molar-refractivity contribution >= 4 is 16.8 Å². The fraction of sp³-hybridized carbons (Fsp3) is 0.500. The minimum atomic E-state index is -0.356. The molecule has 4 rings (SSSR count). The Morgan fingerprint density at radius 2 is 1.92 bits per heavy atom. The van der Waals surface area contributed by atoms with Crippen LogP contribution in [-0.4, -0.2) is 28.6 Å². The Bertz CT molecular complexity index is 796. The van der Waals surface area contributed by atoms with E-state index in [0.29, 0.717) is 28.3 Å². The molecular weight excluding hydrogens is 319 g/mol. The Hall–Kier alpha value is -2.01. The van der Waals surface area contributed by atoms with Crippen LogP contribution < -0.4 is 5.32 Å². The average molecular weight is 342 g/mol. The smallest absolute Gasteiger partial charge is 0.252 e. The number of aliphatic hydroxyl groups is 1. The normalized spacial score (nSPS) is 23.6. The first-order valence-corrected chi connectivity index (χ1v) is 9.16. The lowest BCUT2D eigenvalue weighted by Crippen LogP contribution is -2.38. The van der Waals surface area contributed by atoms with Crippen molar-refractivity contribution < 1.29 is 14.3 Å². The third-order valence-corrected chi connectivity index (χ3v) is 5.47. The van der Waals surface area contributed by atoms with Crippen LogP contribution in [0.5, 0.6) is 0 Å². The molecule has 2 aromatic rings. The third-order valence-electron chi connectivity index (χ3n) is 5.47. The molecule has 0 bridgehead atoms. The van der Waals surface area contributed by atoms with Gasteiger partial charge in [-0.25, -0.2) is 4.39 Å². The zero-order valence-electron chi connectivity index (χ0n) is 14.2. The Balaban J connectivity index is 1.60. The first kappa shape index (κ1) is 16.5. The maximum atomic E-state index is 13.7. The van der Waals surface area contributed by atoms with E-state index < -0.39 is 0 Å². The molecule has 5 heteroatoms. The molecule has 0 unspecified atom stereocenters. The quantitative estimate of drug-likeness (QED) is 0.893. The topological polar surface area (TPSA) is 62.2 Å². The van der Waals surface area contributed by atoms with Crippen molar-refractivity contribution in [2.75, 3.05) is 6.61 Å². The van der Waals surface area contributed by atoms with Gasteiger partial charge in [-0.3, -0.25) is 9.78 Å². The number of aliphatic hydroxyl groups excluding tert-OH is 1. The number of halogens is 1. The molecule has 2 saturated carbocycles. The summed E-state index contributed by atoms with van der Waals surface area (Å²) < 4.78 is 13.7. The lowest BCUT2D eigenvalue weighted by molar-refractivity contribution is 0.0915. The van der Waals surface area contributed by atoms with Crippen molar-refractivity contribution in [1.29, 1.82) is 0 Å². The summed E-state index contributed by atoms with van der Waals surface area (Å²) in [6.07, 6.45) is 5.83. The number of benzene rings is 1. The molecule has 2 N–H and O–H groups in total. The maximum absolute atomic E-state index is 13.7. The number of carbonyl (C=O) groups excluding carboxylic acids is 1. The molecule has 0 atom stereocenters. The second-order valence-corrected chi connectivity index (χ2v) is 7.40. The predicted octanol–water partition coefficient (Wildman–Crippen LogP) is 3.53. The summed E-state index contributed by atoms with van der Waals surface area (Å²) in [7, 11) is 0. The molecule has 132 valence electrons. The van der Waals surface area contributed by atoms with E-state index in [1.807, 2.05) is 6.07 Å². The van der Waals surface area contributed by atoms with Crippen molar-refractivity contribution in [2.24, 2.45) is 5.92 Å². The van der Waals surface area contributed by atoms with Gasteiger partial charge in [0.25, 0.3) is 5.91 Å². The van der Waals surface area contributed by atoms with Gasteiger partial charge in [0, 0.05) is 29.6 Å². The number of nitrogens with one attached hydrogen (secondary N) is 1. The van der Waals surface area contributed by atoms with E-state index in [9.17, 15) is 14.3 Å². The number of amides is 1. The van der Waals surface area contributed by atoms with Gasteiger partial charge >= 0.3 is 0 Å². The van der Waals surface area contributed by atoms with Crippen molar-refractivity contribution in [1.82, 2.24) is 10.3 Å². The second kappa shape index (κ2) is 6.71. The fourth-order valence-electron chi connectivity index (χ4n) is 3.75.